The second-order valence-electron chi connectivity index (χ2n) is 7.97. The van der Waals surface area contributed by atoms with Crippen molar-refractivity contribution in [3.05, 3.63) is 28.8 Å². The van der Waals surface area contributed by atoms with Crippen LogP contribution in [0.5, 0.6) is 0 Å². The van der Waals surface area contributed by atoms with Gasteiger partial charge in [-0.3, -0.25) is 14.4 Å². The van der Waals surface area contributed by atoms with Gasteiger partial charge in [0.25, 0.3) is 5.91 Å². The molecule has 0 aromatic heterocycles. The zero-order valence-electron chi connectivity index (χ0n) is 15.7. The molecular formula is C20H25ClN4O3. The fraction of sp³-hybridized carbons (Fsp3) is 0.550. The molecule has 1 saturated carbocycles. The maximum Gasteiger partial charge on any atom is 0.255 e. The van der Waals surface area contributed by atoms with Gasteiger partial charge < -0.3 is 20.9 Å². The zero-order chi connectivity index (χ0) is 19.7. The maximum absolute atomic E-state index is 12.6. The molecule has 2 aliphatic heterocycles. The second kappa shape index (κ2) is 7.62. The van der Waals surface area contributed by atoms with Crippen molar-refractivity contribution in [2.45, 2.75) is 56.7 Å². The number of fused-ring (bicyclic) bond motifs is 1. The normalized spacial score (nSPS) is 25.1. The van der Waals surface area contributed by atoms with Gasteiger partial charge in [-0.1, -0.05) is 24.4 Å². The zero-order valence-corrected chi connectivity index (χ0v) is 16.5. The highest BCUT2D eigenvalue weighted by Gasteiger charge is 2.40. The summed E-state index contributed by atoms with van der Waals surface area (Å²) in [6, 6.07) is 5.40. The number of nitrogens with one attached hydrogen (secondary N) is 3. The van der Waals surface area contributed by atoms with Crippen LogP contribution in [0, 0.1) is 0 Å². The van der Waals surface area contributed by atoms with Gasteiger partial charge in [-0.15, -0.1) is 0 Å². The number of benzene rings is 1. The highest BCUT2D eigenvalue weighted by Crippen LogP contribution is 2.33. The van der Waals surface area contributed by atoms with E-state index in [0.29, 0.717) is 35.7 Å². The van der Waals surface area contributed by atoms with Crippen LogP contribution >= 0.6 is 11.6 Å². The van der Waals surface area contributed by atoms with Crippen LogP contribution in [0.4, 0.5) is 5.69 Å². The lowest BCUT2D eigenvalue weighted by Crippen LogP contribution is -2.58. The van der Waals surface area contributed by atoms with E-state index < -0.39 is 5.66 Å². The fourth-order valence-corrected chi connectivity index (χ4v) is 4.55. The molecule has 3 aliphatic rings. The smallest absolute Gasteiger partial charge is 0.255 e. The van der Waals surface area contributed by atoms with Gasteiger partial charge in [0.15, 0.2) is 0 Å². The molecule has 1 spiro atoms. The number of hydrogen-bond acceptors (Lipinski definition) is 4. The Morgan fingerprint density at radius 1 is 1.21 bits per heavy atom. The Morgan fingerprint density at radius 3 is 2.79 bits per heavy atom. The van der Waals surface area contributed by atoms with Gasteiger partial charge in [0, 0.05) is 36.1 Å². The first kappa shape index (κ1) is 19.1. The minimum atomic E-state index is -0.690. The fourth-order valence-electron chi connectivity index (χ4n) is 4.38. The highest BCUT2D eigenvalue weighted by atomic mass is 35.5. The van der Waals surface area contributed by atoms with Crippen molar-refractivity contribution in [2.24, 2.45) is 0 Å². The second-order valence-corrected chi connectivity index (χ2v) is 8.40. The van der Waals surface area contributed by atoms with E-state index in [4.69, 9.17) is 11.6 Å². The van der Waals surface area contributed by atoms with Crippen molar-refractivity contribution in [1.29, 1.82) is 0 Å². The first-order chi connectivity index (χ1) is 13.4. The molecule has 3 N–H and O–H groups in total. The maximum atomic E-state index is 12.6. The lowest BCUT2D eigenvalue weighted by molar-refractivity contribution is -0.135. The molecule has 0 radical (unpaired) electrons. The van der Waals surface area contributed by atoms with E-state index in [9.17, 15) is 14.4 Å². The molecule has 8 heteroatoms. The molecule has 1 saturated heterocycles. The minimum absolute atomic E-state index is 0.0589. The summed E-state index contributed by atoms with van der Waals surface area (Å²) in [6.45, 7) is 0.485. The standard InChI is InChI=1S/C20H25ClN4O3/c21-13-5-6-16-15(11-13)19(28)24-20(23-16)8-7-18(27)25(10-9-20)12-17(26)22-14-3-1-2-4-14/h5-6,11,14,23H,1-4,7-10,12H2,(H,22,26)(H,24,28). The predicted octanol–water partition coefficient (Wildman–Crippen LogP) is 2.26. The summed E-state index contributed by atoms with van der Waals surface area (Å²) in [5.41, 5.74) is 0.527. The van der Waals surface area contributed by atoms with Gasteiger partial charge >= 0.3 is 0 Å². The van der Waals surface area contributed by atoms with Crippen LogP contribution < -0.4 is 16.0 Å². The van der Waals surface area contributed by atoms with Gasteiger partial charge in [0.1, 0.15) is 5.66 Å². The van der Waals surface area contributed by atoms with E-state index >= 15 is 0 Å². The molecule has 1 unspecified atom stereocenters. The minimum Gasteiger partial charge on any atom is -0.362 e. The molecular weight excluding hydrogens is 380 g/mol. The van der Waals surface area contributed by atoms with Crippen molar-refractivity contribution in [3.8, 4) is 0 Å². The molecule has 3 amide bonds. The molecule has 28 heavy (non-hydrogen) atoms. The summed E-state index contributed by atoms with van der Waals surface area (Å²) in [7, 11) is 0. The molecule has 1 aromatic carbocycles. The average molecular weight is 405 g/mol. The number of likely N-dealkylation sites (tertiary alicyclic amines) is 1. The highest BCUT2D eigenvalue weighted by molar-refractivity contribution is 6.31. The van der Waals surface area contributed by atoms with E-state index in [1.54, 1.807) is 23.1 Å². The SMILES string of the molecule is O=C(CN1CCC2(CCC1=O)NC(=O)c1cc(Cl)ccc1N2)NC1CCCC1. The third-order valence-electron chi connectivity index (χ3n) is 5.93. The Labute approximate surface area is 169 Å². The van der Waals surface area contributed by atoms with Crippen LogP contribution in [0.3, 0.4) is 0 Å². The van der Waals surface area contributed by atoms with Crippen molar-refractivity contribution < 1.29 is 14.4 Å². The van der Waals surface area contributed by atoms with E-state index in [1.807, 2.05) is 0 Å². The van der Waals surface area contributed by atoms with E-state index in [-0.39, 0.29) is 36.7 Å². The van der Waals surface area contributed by atoms with E-state index in [0.717, 1.165) is 25.7 Å². The Bertz CT molecular complexity index is 809. The Balaban J connectivity index is 1.42. The topological polar surface area (TPSA) is 90.5 Å². The molecule has 1 aromatic rings. The van der Waals surface area contributed by atoms with Crippen LogP contribution in [0.1, 0.15) is 55.3 Å². The van der Waals surface area contributed by atoms with Gasteiger partial charge in [-0.2, -0.15) is 0 Å². The Morgan fingerprint density at radius 2 is 2.00 bits per heavy atom. The van der Waals surface area contributed by atoms with Gasteiger partial charge in [-0.25, -0.2) is 0 Å². The summed E-state index contributed by atoms with van der Waals surface area (Å²) >= 11 is 6.00. The third-order valence-corrected chi connectivity index (χ3v) is 6.17. The number of carbonyl (C=O) groups excluding carboxylic acids is 3. The van der Waals surface area contributed by atoms with Crippen molar-refractivity contribution in [3.63, 3.8) is 0 Å². The van der Waals surface area contributed by atoms with Gasteiger partial charge in [-0.05, 0) is 37.5 Å². The van der Waals surface area contributed by atoms with Crippen molar-refractivity contribution >= 4 is 35.0 Å². The summed E-state index contributed by atoms with van der Waals surface area (Å²) in [5, 5.41) is 9.95. The molecule has 2 heterocycles. The molecule has 0 bridgehead atoms. The lowest BCUT2D eigenvalue weighted by atomic mass is 9.95. The molecule has 4 rings (SSSR count). The first-order valence-corrected chi connectivity index (χ1v) is 10.3. The number of hydrogen-bond donors (Lipinski definition) is 3. The van der Waals surface area contributed by atoms with Crippen molar-refractivity contribution in [2.75, 3.05) is 18.4 Å². The number of nitrogens with zero attached hydrogens (tertiary/aromatic N) is 1. The number of halogens is 1. The number of anilines is 1. The van der Waals surface area contributed by atoms with Crippen molar-refractivity contribution in [1.82, 2.24) is 15.5 Å². The van der Waals surface area contributed by atoms with Gasteiger partial charge in [0.2, 0.25) is 11.8 Å². The summed E-state index contributed by atoms with van der Waals surface area (Å²) in [6.07, 6.45) is 5.60. The largest absolute Gasteiger partial charge is 0.362 e. The summed E-state index contributed by atoms with van der Waals surface area (Å²) in [4.78, 5) is 39.1. The third kappa shape index (κ3) is 3.94. The van der Waals surface area contributed by atoms with E-state index in [2.05, 4.69) is 16.0 Å². The van der Waals surface area contributed by atoms with Crippen LogP contribution in [-0.2, 0) is 9.59 Å². The van der Waals surface area contributed by atoms with Crippen LogP contribution in [0.2, 0.25) is 5.02 Å². The molecule has 2 fully saturated rings. The molecule has 7 nitrogen and oxygen atoms in total. The summed E-state index contributed by atoms with van der Waals surface area (Å²) in [5.74, 6) is -0.357. The summed E-state index contributed by atoms with van der Waals surface area (Å²) < 4.78 is 0. The average Bonchev–Trinajstić information content (AvgIpc) is 3.12. The lowest BCUT2D eigenvalue weighted by Gasteiger charge is -2.40. The predicted molar refractivity (Wildman–Crippen MR) is 106 cm³/mol. The molecule has 150 valence electrons. The number of rotatable bonds is 3. The van der Waals surface area contributed by atoms with Crippen LogP contribution in [0.25, 0.3) is 0 Å². The van der Waals surface area contributed by atoms with Gasteiger partial charge in [0.05, 0.1) is 12.1 Å². The molecule has 1 aliphatic carbocycles. The Kier molecular flexibility index (Phi) is 5.19. The quantitative estimate of drug-likeness (QED) is 0.720. The Hall–Kier alpha value is -2.28. The number of carbonyl (C=O) groups is 3. The number of amides is 3. The van der Waals surface area contributed by atoms with E-state index in [1.165, 1.54) is 0 Å². The monoisotopic (exact) mass is 404 g/mol. The van der Waals surface area contributed by atoms with Crippen LogP contribution in [-0.4, -0.2) is 47.4 Å². The molecule has 1 atom stereocenters. The van der Waals surface area contributed by atoms with Crippen LogP contribution in [0.15, 0.2) is 18.2 Å². The first-order valence-electron chi connectivity index (χ1n) is 9.91.